The summed E-state index contributed by atoms with van der Waals surface area (Å²) in [6.45, 7) is 0.623. The molecule has 0 bridgehead atoms. The zero-order valence-electron chi connectivity index (χ0n) is 19.6. The van der Waals surface area contributed by atoms with Crippen molar-refractivity contribution in [2.45, 2.75) is 13.1 Å². The monoisotopic (exact) mass is 537 g/mol. The Balaban J connectivity index is 1.45. The number of hydrogen-bond donors (Lipinski definition) is 5. The Kier molecular flexibility index (Phi) is 8.46. The van der Waals surface area contributed by atoms with Crippen LogP contribution in [0.5, 0.6) is 0 Å². The first-order chi connectivity index (χ1) is 18.4. The Hall–Kier alpha value is -4.98. The summed E-state index contributed by atoms with van der Waals surface area (Å²) in [7, 11) is 0. The molecule has 0 saturated carbocycles. The molecular formula is C24H21F2N9O2S. The first kappa shape index (κ1) is 26.1. The number of anilines is 4. The second-order valence-electron chi connectivity index (χ2n) is 7.74. The Labute approximate surface area is 220 Å². The van der Waals surface area contributed by atoms with Crippen LogP contribution in [0.1, 0.15) is 11.1 Å². The summed E-state index contributed by atoms with van der Waals surface area (Å²) < 4.78 is 26.4. The van der Waals surface area contributed by atoms with Crippen LogP contribution in [-0.2, 0) is 13.1 Å². The van der Waals surface area contributed by atoms with Crippen molar-refractivity contribution in [3.8, 4) is 0 Å². The molecule has 0 unspecified atom stereocenters. The van der Waals surface area contributed by atoms with Gasteiger partial charge in [0.15, 0.2) is 5.11 Å². The number of nitrogens with one attached hydrogen (secondary N) is 5. The molecular weight excluding hydrogens is 516 g/mol. The zero-order valence-corrected chi connectivity index (χ0v) is 20.4. The standard InChI is InChI=1S/C24H21F2N9O2S/c25-17-9-5-15(6-10-17)13-27-21-30-22(28-14-16-7-11-18(26)12-8-16)32-23(31-21)33-34-24(38)29-19-3-1-2-4-20(19)35(36)37/h1-12H,13-14H2,(H2,29,34,38)(H3,27,28,30,31,32,33). The maximum atomic E-state index is 13.2. The number of rotatable bonds is 10. The van der Waals surface area contributed by atoms with E-state index in [4.69, 9.17) is 12.2 Å². The first-order valence-corrected chi connectivity index (χ1v) is 11.6. The molecule has 0 aliphatic rings. The minimum Gasteiger partial charge on any atom is -0.350 e. The number of para-hydroxylation sites is 2. The molecule has 0 aliphatic carbocycles. The molecule has 14 heteroatoms. The Morgan fingerprint density at radius 3 is 1.82 bits per heavy atom. The quantitative estimate of drug-likeness (QED) is 0.110. The molecule has 4 aromatic rings. The molecule has 11 nitrogen and oxygen atoms in total. The molecule has 38 heavy (non-hydrogen) atoms. The van der Waals surface area contributed by atoms with Crippen LogP contribution in [-0.4, -0.2) is 25.0 Å². The predicted molar refractivity (Wildman–Crippen MR) is 143 cm³/mol. The predicted octanol–water partition coefficient (Wildman–Crippen LogP) is 4.60. The summed E-state index contributed by atoms with van der Waals surface area (Å²) >= 11 is 5.23. The number of hydrogen-bond acceptors (Lipinski definition) is 9. The Morgan fingerprint density at radius 1 is 0.789 bits per heavy atom. The van der Waals surface area contributed by atoms with E-state index in [9.17, 15) is 18.9 Å². The van der Waals surface area contributed by atoms with Crippen LogP contribution in [0.25, 0.3) is 0 Å². The maximum Gasteiger partial charge on any atom is 0.292 e. The van der Waals surface area contributed by atoms with Crippen LogP contribution in [0.15, 0.2) is 72.8 Å². The van der Waals surface area contributed by atoms with Crippen LogP contribution in [0.3, 0.4) is 0 Å². The highest BCUT2D eigenvalue weighted by Crippen LogP contribution is 2.23. The average molecular weight is 538 g/mol. The van der Waals surface area contributed by atoms with Crippen molar-refractivity contribution in [1.82, 2.24) is 20.4 Å². The molecule has 0 aliphatic heterocycles. The number of nitro groups is 1. The molecule has 0 saturated heterocycles. The summed E-state index contributed by atoms with van der Waals surface area (Å²) in [4.78, 5) is 23.6. The third kappa shape index (κ3) is 7.51. The highest BCUT2D eigenvalue weighted by molar-refractivity contribution is 7.80. The van der Waals surface area contributed by atoms with E-state index in [1.165, 1.54) is 36.4 Å². The summed E-state index contributed by atoms with van der Waals surface area (Å²) in [5.41, 5.74) is 7.09. The minimum absolute atomic E-state index is 0.0290. The van der Waals surface area contributed by atoms with Gasteiger partial charge in [0.05, 0.1) is 4.92 Å². The van der Waals surface area contributed by atoms with Crippen LogP contribution >= 0.6 is 12.2 Å². The molecule has 0 fully saturated rings. The van der Waals surface area contributed by atoms with Gasteiger partial charge in [-0.15, -0.1) is 0 Å². The van der Waals surface area contributed by atoms with E-state index in [0.29, 0.717) is 13.1 Å². The highest BCUT2D eigenvalue weighted by Gasteiger charge is 2.14. The van der Waals surface area contributed by atoms with Crippen molar-refractivity contribution in [1.29, 1.82) is 0 Å². The number of benzene rings is 3. The van der Waals surface area contributed by atoms with Gasteiger partial charge in [-0.25, -0.2) is 8.78 Å². The van der Waals surface area contributed by atoms with E-state index in [2.05, 4.69) is 41.8 Å². The van der Waals surface area contributed by atoms with Gasteiger partial charge in [0.1, 0.15) is 17.3 Å². The highest BCUT2D eigenvalue weighted by atomic mass is 32.1. The lowest BCUT2D eigenvalue weighted by Gasteiger charge is -2.14. The molecule has 0 atom stereocenters. The molecule has 0 spiro atoms. The summed E-state index contributed by atoms with van der Waals surface area (Å²) in [5.74, 6) is -0.205. The number of halogens is 2. The molecule has 0 amide bonds. The molecule has 1 heterocycles. The van der Waals surface area contributed by atoms with Crippen LogP contribution in [0.2, 0.25) is 0 Å². The lowest BCUT2D eigenvalue weighted by Crippen LogP contribution is -2.34. The van der Waals surface area contributed by atoms with E-state index < -0.39 is 4.92 Å². The Bertz CT molecular complexity index is 1360. The van der Waals surface area contributed by atoms with Crippen LogP contribution in [0, 0.1) is 21.7 Å². The number of nitro benzene ring substituents is 1. The number of hydrazine groups is 1. The number of thiocarbonyl (C=S) groups is 1. The third-order valence-electron chi connectivity index (χ3n) is 5.00. The number of nitrogens with zero attached hydrogens (tertiary/aromatic N) is 4. The SMILES string of the molecule is O=[N+]([O-])c1ccccc1NC(=S)NNc1nc(NCc2ccc(F)cc2)nc(NCc2ccc(F)cc2)n1. The van der Waals surface area contributed by atoms with E-state index in [1.807, 2.05) is 0 Å². The van der Waals surface area contributed by atoms with Crippen molar-refractivity contribution < 1.29 is 13.7 Å². The summed E-state index contributed by atoms with van der Waals surface area (Å²) in [6, 6.07) is 18.0. The largest absolute Gasteiger partial charge is 0.350 e. The minimum atomic E-state index is -0.525. The normalized spacial score (nSPS) is 10.4. The van der Waals surface area contributed by atoms with Gasteiger partial charge >= 0.3 is 0 Å². The fourth-order valence-corrected chi connectivity index (χ4v) is 3.32. The van der Waals surface area contributed by atoms with Crippen molar-refractivity contribution in [2.24, 2.45) is 0 Å². The topological polar surface area (TPSA) is 142 Å². The zero-order chi connectivity index (χ0) is 26.9. The molecule has 1 aromatic heterocycles. The van der Waals surface area contributed by atoms with Crippen molar-refractivity contribution in [2.75, 3.05) is 21.4 Å². The van der Waals surface area contributed by atoms with Gasteiger partial charge in [0.2, 0.25) is 17.8 Å². The van der Waals surface area contributed by atoms with Gasteiger partial charge in [0.25, 0.3) is 5.69 Å². The van der Waals surface area contributed by atoms with Crippen LogP contribution in [0.4, 0.5) is 38.0 Å². The van der Waals surface area contributed by atoms with Gasteiger partial charge < -0.3 is 16.0 Å². The van der Waals surface area contributed by atoms with Crippen LogP contribution < -0.4 is 26.8 Å². The molecule has 194 valence electrons. The average Bonchev–Trinajstić information content (AvgIpc) is 2.91. The fraction of sp³-hybridized carbons (Fsp3) is 0.0833. The van der Waals surface area contributed by atoms with E-state index in [1.54, 1.807) is 36.4 Å². The molecule has 4 rings (SSSR count). The van der Waals surface area contributed by atoms with E-state index in [-0.39, 0.29) is 46.0 Å². The van der Waals surface area contributed by atoms with E-state index in [0.717, 1.165) is 11.1 Å². The lowest BCUT2D eigenvalue weighted by atomic mass is 10.2. The second-order valence-corrected chi connectivity index (χ2v) is 8.15. The van der Waals surface area contributed by atoms with Crippen molar-refractivity contribution in [3.05, 3.63) is 106 Å². The van der Waals surface area contributed by atoms with Gasteiger partial charge in [0, 0.05) is 19.2 Å². The van der Waals surface area contributed by atoms with Crippen molar-refractivity contribution >= 4 is 46.6 Å². The molecule has 3 aromatic carbocycles. The smallest absolute Gasteiger partial charge is 0.292 e. The number of aromatic nitrogens is 3. The first-order valence-electron chi connectivity index (χ1n) is 11.1. The molecule has 5 N–H and O–H groups in total. The van der Waals surface area contributed by atoms with Gasteiger partial charge in [-0.1, -0.05) is 36.4 Å². The van der Waals surface area contributed by atoms with E-state index >= 15 is 0 Å². The summed E-state index contributed by atoms with van der Waals surface area (Å²) in [5, 5.41) is 20.1. The van der Waals surface area contributed by atoms with Gasteiger partial charge in [-0.05, 0) is 53.7 Å². The third-order valence-corrected chi connectivity index (χ3v) is 5.20. The lowest BCUT2D eigenvalue weighted by molar-refractivity contribution is -0.383. The molecule has 0 radical (unpaired) electrons. The van der Waals surface area contributed by atoms with Gasteiger partial charge in [-0.3, -0.25) is 21.0 Å². The van der Waals surface area contributed by atoms with Crippen molar-refractivity contribution in [3.63, 3.8) is 0 Å². The maximum absolute atomic E-state index is 13.2. The summed E-state index contributed by atoms with van der Waals surface area (Å²) in [6.07, 6.45) is 0. The second kappa shape index (κ2) is 12.3. The Morgan fingerprint density at radius 2 is 1.29 bits per heavy atom. The van der Waals surface area contributed by atoms with Gasteiger partial charge in [-0.2, -0.15) is 15.0 Å². The fourth-order valence-electron chi connectivity index (χ4n) is 3.16.